The number of nitrogens with one attached hydrogen (secondary N) is 1. The molecule has 0 atom stereocenters. The van der Waals surface area contributed by atoms with Crippen molar-refractivity contribution in [2.24, 2.45) is 0 Å². The van der Waals surface area contributed by atoms with E-state index >= 15 is 0 Å². The van der Waals surface area contributed by atoms with E-state index in [0.717, 1.165) is 36.8 Å². The van der Waals surface area contributed by atoms with Gasteiger partial charge in [-0.05, 0) is 32.9 Å². The SMILES string of the molecule is CCNCCN(CC)c1ncnc2sc(C)c(C)c12. The van der Waals surface area contributed by atoms with E-state index in [0.29, 0.717) is 0 Å². The van der Waals surface area contributed by atoms with E-state index in [-0.39, 0.29) is 0 Å². The summed E-state index contributed by atoms with van der Waals surface area (Å²) in [6, 6.07) is 0. The fourth-order valence-electron chi connectivity index (χ4n) is 2.21. The van der Waals surface area contributed by atoms with E-state index in [9.17, 15) is 0 Å². The Morgan fingerprint density at radius 1 is 1.26 bits per heavy atom. The lowest BCUT2D eigenvalue weighted by Gasteiger charge is -2.22. The van der Waals surface area contributed by atoms with Crippen molar-refractivity contribution in [2.45, 2.75) is 27.7 Å². The van der Waals surface area contributed by atoms with Crippen molar-refractivity contribution in [1.29, 1.82) is 0 Å². The average Bonchev–Trinajstić information content (AvgIpc) is 2.71. The Kier molecular flexibility index (Phi) is 4.71. The molecule has 1 N–H and O–H groups in total. The van der Waals surface area contributed by atoms with Gasteiger partial charge in [0.1, 0.15) is 17.0 Å². The van der Waals surface area contributed by atoms with E-state index in [1.165, 1.54) is 15.8 Å². The predicted octanol–water partition coefficient (Wildman–Crippen LogP) is 2.74. The minimum atomic E-state index is 0.964. The summed E-state index contributed by atoms with van der Waals surface area (Å²) in [7, 11) is 0. The first kappa shape index (κ1) is 14.2. The summed E-state index contributed by atoms with van der Waals surface area (Å²) in [5.74, 6) is 1.08. The first-order valence-corrected chi connectivity index (χ1v) is 7.67. The first-order valence-electron chi connectivity index (χ1n) is 6.85. The second kappa shape index (κ2) is 6.30. The highest BCUT2D eigenvalue weighted by atomic mass is 32.1. The maximum absolute atomic E-state index is 4.52. The smallest absolute Gasteiger partial charge is 0.141 e. The molecule has 2 rings (SSSR count). The number of hydrogen-bond acceptors (Lipinski definition) is 5. The van der Waals surface area contributed by atoms with Gasteiger partial charge in [0.2, 0.25) is 0 Å². The Morgan fingerprint density at radius 3 is 2.74 bits per heavy atom. The van der Waals surface area contributed by atoms with Crippen molar-refractivity contribution in [2.75, 3.05) is 31.1 Å². The molecule has 0 bridgehead atoms. The number of thiophene rings is 1. The highest BCUT2D eigenvalue weighted by Crippen LogP contribution is 2.33. The molecule has 2 heterocycles. The summed E-state index contributed by atoms with van der Waals surface area (Å²) < 4.78 is 0. The molecule has 19 heavy (non-hydrogen) atoms. The summed E-state index contributed by atoms with van der Waals surface area (Å²) in [5.41, 5.74) is 1.32. The Bertz CT molecular complexity index is 550. The average molecular weight is 278 g/mol. The van der Waals surface area contributed by atoms with Crippen LogP contribution in [0.5, 0.6) is 0 Å². The van der Waals surface area contributed by atoms with Crippen LogP contribution in [0.15, 0.2) is 6.33 Å². The molecule has 5 heteroatoms. The molecule has 0 aromatic carbocycles. The van der Waals surface area contributed by atoms with Gasteiger partial charge in [-0.25, -0.2) is 9.97 Å². The molecule has 0 aliphatic carbocycles. The van der Waals surface area contributed by atoms with Crippen LogP contribution in [-0.2, 0) is 0 Å². The third-order valence-corrected chi connectivity index (χ3v) is 4.55. The molecule has 0 radical (unpaired) electrons. The number of likely N-dealkylation sites (N-methyl/N-ethyl adjacent to an activating group) is 2. The Morgan fingerprint density at radius 2 is 2.05 bits per heavy atom. The van der Waals surface area contributed by atoms with Gasteiger partial charge in [-0.3, -0.25) is 0 Å². The second-order valence-electron chi connectivity index (χ2n) is 4.59. The quantitative estimate of drug-likeness (QED) is 0.825. The number of aryl methyl sites for hydroxylation is 2. The van der Waals surface area contributed by atoms with Gasteiger partial charge in [0.25, 0.3) is 0 Å². The Hall–Kier alpha value is -1.20. The van der Waals surface area contributed by atoms with Crippen molar-refractivity contribution < 1.29 is 0 Å². The third kappa shape index (κ3) is 2.87. The highest BCUT2D eigenvalue weighted by Gasteiger charge is 2.15. The van der Waals surface area contributed by atoms with Crippen LogP contribution in [0.3, 0.4) is 0 Å². The van der Waals surface area contributed by atoms with E-state index in [1.54, 1.807) is 17.7 Å². The zero-order chi connectivity index (χ0) is 13.8. The second-order valence-corrected chi connectivity index (χ2v) is 5.80. The zero-order valence-electron chi connectivity index (χ0n) is 12.2. The van der Waals surface area contributed by atoms with Crippen molar-refractivity contribution in [1.82, 2.24) is 15.3 Å². The van der Waals surface area contributed by atoms with Gasteiger partial charge in [0.15, 0.2) is 0 Å². The summed E-state index contributed by atoms with van der Waals surface area (Å²) in [4.78, 5) is 13.7. The summed E-state index contributed by atoms with van der Waals surface area (Å²) in [5, 5.41) is 4.59. The van der Waals surface area contributed by atoms with E-state index in [1.807, 2.05) is 0 Å². The summed E-state index contributed by atoms with van der Waals surface area (Å²) in [6.45, 7) is 12.6. The van der Waals surface area contributed by atoms with Crippen molar-refractivity contribution in [3.63, 3.8) is 0 Å². The largest absolute Gasteiger partial charge is 0.355 e. The number of anilines is 1. The van der Waals surface area contributed by atoms with Crippen LogP contribution in [0.4, 0.5) is 5.82 Å². The molecule has 0 saturated carbocycles. The topological polar surface area (TPSA) is 41.0 Å². The van der Waals surface area contributed by atoms with Crippen molar-refractivity contribution in [3.05, 3.63) is 16.8 Å². The van der Waals surface area contributed by atoms with Crippen LogP contribution in [0.2, 0.25) is 0 Å². The van der Waals surface area contributed by atoms with E-state index < -0.39 is 0 Å². The van der Waals surface area contributed by atoms with Crippen LogP contribution in [-0.4, -0.2) is 36.1 Å². The monoisotopic (exact) mass is 278 g/mol. The van der Waals surface area contributed by atoms with Crippen molar-refractivity contribution >= 4 is 27.4 Å². The zero-order valence-corrected chi connectivity index (χ0v) is 13.0. The maximum Gasteiger partial charge on any atom is 0.141 e. The molecular weight excluding hydrogens is 256 g/mol. The normalized spacial score (nSPS) is 11.2. The molecule has 0 aliphatic heterocycles. The van der Waals surface area contributed by atoms with Gasteiger partial charge in [0.05, 0.1) is 5.39 Å². The lowest BCUT2D eigenvalue weighted by atomic mass is 10.2. The molecule has 0 unspecified atom stereocenters. The molecule has 2 aromatic heterocycles. The van der Waals surface area contributed by atoms with Gasteiger partial charge in [-0.2, -0.15) is 0 Å². The van der Waals surface area contributed by atoms with Crippen LogP contribution in [0, 0.1) is 13.8 Å². The van der Waals surface area contributed by atoms with Gasteiger partial charge in [-0.1, -0.05) is 6.92 Å². The van der Waals surface area contributed by atoms with Crippen LogP contribution in [0.1, 0.15) is 24.3 Å². The van der Waals surface area contributed by atoms with E-state index in [4.69, 9.17) is 0 Å². The van der Waals surface area contributed by atoms with Gasteiger partial charge in [-0.15, -0.1) is 11.3 Å². The maximum atomic E-state index is 4.52. The first-order chi connectivity index (χ1) is 9.19. The molecule has 104 valence electrons. The number of aromatic nitrogens is 2. The molecule has 0 amide bonds. The molecule has 2 aromatic rings. The van der Waals surface area contributed by atoms with Crippen molar-refractivity contribution in [3.8, 4) is 0 Å². The van der Waals surface area contributed by atoms with Gasteiger partial charge in [0, 0.05) is 24.5 Å². The standard InChI is InChI=1S/C14H22N4S/c1-5-15-7-8-18(6-2)13-12-10(3)11(4)19-14(12)17-9-16-13/h9,15H,5-8H2,1-4H3. The molecular formula is C14H22N4S. The molecule has 0 aliphatic rings. The predicted molar refractivity (Wildman–Crippen MR) is 83.3 cm³/mol. The summed E-state index contributed by atoms with van der Waals surface area (Å²) in [6.07, 6.45) is 1.68. The fraction of sp³-hybridized carbons (Fsp3) is 0.571. The number of rotatable bonds is 6. The lowest BCUT2D eigenvalue weighted by Crippen LogP contribution is -2.32. The third-order valence-electron chi connectivity index (χ3n) is 3.44. The molecule has 0 saturated heterocycles. The Balaban J connectivity index is 2.36. The molecule has 4 nitrogen and oxygen atoms in total. The van der Waals surface area contributed by atoms with Crippen LogP contribution >= 0.6 is 11.3 Å². The number of fused-ring (bicyclic) bond motifs is 1. The highest BCUT2D eigenvalue weighted by molar-refractivity contribution is 7.18. The van der Waals surface area contributed by atoms with Gasteiger partial charge >= 0.3 is 0 Å². The van der Waals surface area contributed by atoms with E-state index in [2.05, 4.69) is 47.9 Å². The summed E-state index contributed by atoms with van der Waals surface area (Å²) >= 11 is 1.76. The number of nitrogens with zero attached hydrogens (tertiary/aromatic N) is 3. The minimum Gasteiger partial charge on any atom is -0.355 e. The van der Waals surface area contributed by atoms with Gasteiger partial charge < -0.3 is 10.2 Å². The van der Waals surface area contributed by atoms with Crippen LogP contribution < -0.4 is 10.2 Å². The molecule has 0 spiro atoms. The fourth-order valence-corrected chi connectivity index (χ4v) is 3.20. The Labute approximate surface area is 118 Å². The molecule has 0 fully saturated rings. The van der Waals surface area contributed by atoms with Crippen LogP contribution in [0.25, 0.3) is 10.2 Å². The number of hydrogen-bond donors (Lipinski definition) is 1. The minimum absolute atomic E-state index is 0.964. The lowest BCUT2D eigenvalue weighted by molar-refractivity contribution is 0.685.